The van der Waals surface area contributed by atoms with Crippen LogP contribution >= 0.6 is 0 Å². The van der Waals surface area contributed by atoms with Crippen molar-refractivity contribution in [2.75, 3.05) is 20.1 Å². The Morgan fingerprint density at radius 1 is 0.978 bits per heavy atom. The molecule has 0 radical (unpaired) electrons. The number of halogens is 5. The van der Waals surface area contributed by atoms with Gasteiger partial charge in [0.2, 0.25) is 0 Å². The first-order valence-electron chi connectivity index (χ1n) is 17.5. The fourth-order valence-corrected chi connectivity index (χ4v) is 9.76. The number of rotatable bonds is 15. The van der Waals surface area contributed by atoms with E-state index in [0.29, 0.717) is 42.3 Å². The zero-order valence-corrected chi connectivity index (χ0v) is 27.4. The quantitative estimate of drug-likeness (QED) is 0.112. The number of ether oxygens (including phenoxy) is 1. The van der Waals surface area contributed by atoms with Crippen LogP contribution < -0.4 is 0 Å². The van der Waals surface area contributed by atoms with Crippen molar-refractivity contribution in [1.82, 2.24) is 4.90 Å². The lowest BCUT2D eigenvalue weighted by atomic mass is 9.49. The minimum absolute atomic E-state index is 0.0909. The van der Waals surface area contributed by atoms with E-state index in [9.17, 15) is 37.0 Å². The van der Waals surface area contributed by atoms with Gasteiger partial charge in [0.1, 0.15) is 17.5 Å². The largest absolute Gasteiger partial charge is 0.508 e. The third-order valence-corrected chi connectivity index (χ3v) is 12.2. The number of aryl methyl sites for hydroxylation is 1. The summed E-state index contributed by atoms with van der Waals surface area (Å²) in [6.07, 6.45) is 4.74. The molecule has 3 fully saturated rings. The van der Waals surface area contributed by atoms with Gasteiger partial charge in [0.15, 0.2) is 0 Å². The van der Waals surface area contributed by atoms with E-state index in [2.05, 4.69) is 24.9 Å². The van der Waals surface area contributed by atoms with E-state index < -0.39 is 30.2 Å². The van der Waals surface area contributed by atoms with Crippen molar-refractivity contribution in [3.05, 3.63) is 29.3 Å². The first kappa shape index (κ1) is 35.4. The van der Waals surface area contributed by atoms with Crippen molar-refractivity contribution in [2.45, 2.75) is 139 Å². The molecule has 2 N–H and O–H groups in total. The van der Waals surface area contributed by atoms with Crippen LogP contribution in [0.5, 0.6) is 5.75 Å². The molecule has 5 nitrogen and oxygen atoms in total. The predicted molar refractivity (Wildman–Crippen MR) is 166 cm³/mol. The molecule has 2 saturated carbocycles. The monoisotopic (exact) mass is 657 g/mol. The van der Waals surface area contributed by atoms with Gasteiger partial charge in [-0.25, -0.2) is 0 Å². The summed E-state index contributed by atoms with van der Waals surface area (Å²) >= 11 is 0. The normalized spacial score (nSPS) is 32.2. The van der Waals surface area contributed by atoms with Crippen LogP contribution in [0.4, 0.5) is 22.0 Å². The van der Waals surface area contributed by atoms with Gasteiger partial charge >= 0.3 is 18.1 Å². The van der Waals surface area contributed by atoms with E-state index in [0.717, 1.165) is 83.7 Å². The van der Waals surface area contributed by atoms with Crippen molar-refractivity contribution in [3.63, 3.8) is 0 Å². The van der Waals surface area contributed by atoms with Gasteiger partial charge in [-0.1, -0.05) is 51.5 Å². The number of phenolic OH excluding ortho intramolecular Hbond substituents is 1. The number of carbonyl (C=O) groups is 1. The number of fused-ring (bicyclic) bond motifs is 7. The highest BCUT2D eigenvalue weighted by Gasteiger charge is 2.71. The van der Waals surface area contributed by atoms with E-state index in [-0.39, 0.29) is 24.2 Å². The van der Waals surface area contributed by atoms with Crippen LogP contribution in [0, 0.1) is 23.2 Å². The fourth-order valence-electron chi connectivity index (χ4n) is 9.76. The first-order chi connectivity index (χ1) is 21.7. The molecule has 0 spiro atoms. The molecule has 46 heavy (non-hydrogen) atoms. The van der Waals surface area contributed by atoms with Gasteiger partial charge in [0.25, 0.3) is 0 Å². The number of phenols is 1. The number of aliphatic hydroxyl groups is 1. The average Bonchev–Trinajstić information content (AvgIpc) is 3.39. The van der Waals surface area contributed by atoms with Crippen molar-refractivity contribution < 1.29 is 41.7 Å². The molecular weight excluding hydrogens is 605 g/mol. The third-order valence-electron chi connectivity index (χ3n) is 12.2. The average molecular weight is 658 g/mol. The molecule has 260 valence electrons. The molecule has 10 heteroatoms. The number of alkyl halides is 5. The molecule has 1 aromatic rings. The van der Waals surface area contributed by atoms with Crippen LogP contribution in [0.15, 0.2) is 18.2 Å². The Kier molecular flexibility index (Phi) is 10.7. The third kappa shape index (κ3) is 7.08. The Labute approximate surface area is 270 Å². The summed E-state index contributed by atoms with van der Waals surface area (Å²) in [6, 6.07) is 5.84. The van der Waals surface area contributed by atoms with E-state index in [1.54, 1.807) is 6.07 Å². The smallest absolute Gasteiger partial charge is 0.453 e. The van der Waals surface area contributed by atoms with E-state index in [4.69, 9.17) is 4.74 Å². The first-order valence-corrected chi connectivity index (χ1v) is 17.5. The maximum Gasteiger partial charge on any atom is 0.453 e. The topological polar surface area (TPSA) is 70.0 Å². The van der Waals surface area contributed by atoms with Gasteiger partial charge in [-0.15, -0.1) is 0 Å². The van der Waals surface area contributed by atoms with E-state index >= 15 is 0 Å². The lowest BCUT2D eigenvalue weighted by molar-refractivity contribution is -0.284. The SMILES string of the molecule is CN(CCCCCCCC(F)(F)C(F)(F)F)CCCCCC[C@H]1C[C@@]2(C)[C@@H](CC3OC(=O)C[C@@]32O)[C@@H]2CCc3cc(O)ccc3[C@@H]12. The van der Waals surface area contributed by atoms with Crippen LogP contribution in [-0.4, -0.2) is 65.0 Å². The number of nitrogens with zero attached hydrogens (tertiary/aromatic N) is 1. The van der Waals surface area contributed by atoms with Gasteiger partial charge in [-0.05, 0) is 118 Å². The number of unbranched alkanes of at least 4 members (excludes halogenated alkanes) is 7. The number of carbonyl (C=O) groups excluding carboxylic acids is 1. The second-order valence-electron chi connectivity index (χ2n) is 15.1. The van der Waals surface area contributed by atoms with Crippen LogP contribution in [0.3, 0.4) is 0 Å². The molecule has 0 amide bonds. The van der Waals surface area contributed by atoms with Gasteiger partial charge in [-0.2, -0.15) is 22.0 Å². The Bertz CT molecular complexity index is 1210. The zero-order chi connectivity index (χ0) is 33.3. The predicted octanol–water partition coefficient (Wildman–Crippen LogP) is 8.55. The molecular formula is C36H52F5NO4. The van der Waals surface area contributed by atoms with Gasteiger partial charge in [-0.3, -0.25) is 4.79 Å². The number of esters is 1. The lowest BCUT2D eigenvalue weighted by Gasteiger charge is -2.56. The molecule has 7 atom stereocenters. The minimum atomic E-state index is -5.46. The molecule has 0 bridgehead atoms. The van der Waals surface area contributed by atoms with E-state index in [1.165, 1.54) is 11.1 Å². The highest BCUT2D eigenvalue weighted by atomic mass is 19.4. The molecule has 5 rings (SSSR count). The highest BCUT2D eigenvalue weighted by Crippen LogP contribution is 2.68. The summed E-state index contributed by atoms with van der Waals surface area (Å²) in [5.74, 6) is -3.08. The van der Waals surface area contributed by atoms with Crippen LogP contribution in [0.2, 0.25) is 0 Å². The van der Waals surface area contributed by atoms with Crippen LogP contribution in [0.1, 0.15) is 120 Å². The summed E-state index contributed by atoms with van der Waals surface area (Å²) in [5, 5.41) is 22.1. The molecule has 1 heterocycles. The summed E-state index contributed by atoms with van der Waals surface area (Å²) in [4.78, 5) is 14.5. The standard InChI is InChI=1S/C36H52F5NO4/c1-33-22-25(12-8-4-7-11-19-42(2)18-10-6-3-5-9-17-35(37,38)36(39,40)41)32-27-16-14-26(43)20-24(27)13-15-28(32)29(33)21-30-34(33,45)23-31(44)46-30/h14,16,20,25,28-30,32,43,45H,3-13,15,17-19,21-23H2,1-2H3/t25-,28-,29-,30?,32+,33-,34+/m0/s1. The minimum Gasteiger partial charge on any atom is -0.508 e. The molecule has 1 aromatic carbocycles. The maximum absolute atomic E-state index is 13.0. The second-order valence-corrected chi connectivity index (χ2v) is 15.1. The molecule has 0 aromatic heterocycles. The number of hydrogen-bond donors (Lipinski definition) is 2. The van der Waals surface area contributed by atoms with E-state index in [1.807, 2.05) is 6.07 Å². The van der Waals surface area contributed by atoms with Gasteiger partial charge < -0.3 is 19.8 Å². The van der Waals surface area contributed by atoms with Crippen molar-refractivity contribution in [1.29, 1.82) is 0 Å². The number of benzene rings is 1. The lowest BCUT2D eigenvalue weighted by Crippen LogP contribution is -2.54. The zero-order valence-electron chi connectivity index (χ0n) is 27.4. The molecule has 4 aliphatic rings. The van der Waals surface area contributed by atoms with Crippen molar-refractivity contribution >= 4 is 5.97 Å². The second kappa shape index (κ2) is 13.9. The summed E-state index contributed by atoms with van der Waals surface area (Å²) in [6.45, 7) is 4.05. The fraction of sp³-hybridized carbons (Fsp3) is 0.806. The van der Waals surface area contributed by atoms with Crippen molar-refractivity contribution in [3.8, 4) is 5.75 Å². The van der Waals surface area contributed by atoms with Crippen molar-refractivity contribution in [2.24, 2.45) is 23.2 Å². The summed E-state index contributed by atoms with van der Waals surface area (Å²) < 4.78 is 68.5. The maximum atomic E-state index is 13.0. The summed E-state index contributed by atoms with van der Waals surface area (Å²) in [5.41, 5.74) is 1.13. The molecule has 1 saturated heterocycles. The van der Waals surface area contributed by atoms with Gasteiger partial charge in [0, 0.05) is 11.8 Å². The van der Waals surface area contributed by atoms with Crippen LogP contribution in [0.25, 0.3) is 0 Å². The Morgan fingerprint density at radius 2 is 1.63 bits per heavy atom. The van der Waals surface area contributed by atoms with Crippen LogP contribution in [-0.2, 0) is 16.0 Å². The molecule has 3 aliphatic carbocycles. The summed E-state index contributed by atoms with van der Waals surface area (Å²) in [7, 11) is 2.07. The Balaban J connectivity index is 1.06. The Morgan fingerprint density at radius 3 is 2.33 bits per heavy atom. The molecule has 1 aliphatic heterocycles. The highest BCUT2D eigenvalue weighted by molar-refractivity contribution is 5.74. The Hall–Kier alpha value is -1.94. The molecule has 1 unspecified atom stereocenters. The number of aromatic hydroxyl groups is 1. The van der Waals surface area contributed by atoms with Gasteiger partial charge in [0.05, 0.1) is 6.42 Å². The number of hydrogen-bond acceptors (Lipinski definition) is 5.